The number of benzene rings is 2. The van der Waals surface area contributed by atoms with Gasteiger partial charge in [0.25, 0.3) is 0 Å². The van der Waals surface area contributed by atoms with Crippen LogP contribution in [0, 0.1) is 5.82 Å². The maximum atomic E-state index is 13.7. The third-order valence-electron chi connectivity index (χ3n) is 5.42. The summed E-state index contributed by atoms with van der Waals surface area (Å²) < 4.78 is 29.9. The summed E-state index contributed by atoms with van der Waals surface area (Å²) in [6.45, 7) is 3.87. The number of nitrogens with one attached hydrogen (secondary N) is 2. The molecule has 0 aromatic heterocycles. The van der Waals surface area contributed by atoms with Gasteiger partial charge in [-0.2, -0.15) is 0 Å². The van der Waals surface area contributed by atoms with Gasteiger partial charge < -0.3 is 24.8 Å². The zero-order valence-electron chi connectivity index (χ0n) is 18.5. The Bertz CT molecular complexity index is 904. The zero-order chi connectivity index (χ0) is 21.6. The molecule has 0 bridgehead atoms. The van der Waals surface area contributed by atoms with Crippen LogP contribution in [0.15, 0.2) is 41.4 Å². The van der Waals surface area contributed by atoms with Crippen molar-refractivity contribution in [3.8, 4) is 17.2 Å². The Hall–Kier alpha value is -2.23. The molecular formula is C23H31FIN3O3. The van der Waals surface area contributed by atoms with E-state index < -0.39 is 0 Å². The van der Waals surface area contributed by atoms with Crippen LogP contribution in [0.2, 0.25) is 0 Å². The third kappa shape index (κ3) is 6.15. The highest BCUT2D eigenvalue weighted by atomic mass is 127. The average Bonchev–Trinajstić information content (AvgIpc) is 3.56. The molecule has 3 rings (SSSR count). The SMILES string of the molecule is CCNC(=NCc1cc(OC)c(OC)cc1OC)NCC1(c2cccc(F)c2)CC1.I. The lowest BCUT2D eigenvalue weighted by Gasteiger charge is -2.19. The topological polar surface area (TPSA) is 64.1 Å². The molecule has 170 valence electrons. The minimum atomic E-state index is -0.195. The molecule has 0 atom stereocenters. The predicted molar refractivity (Wildman–Crippen MR) is 132 cm³/mol. The van der Waals surface area contributed by atoms with Crippen LogP contribution in [-0.2, 0) is 12.0 Å². The minimum absolute atomic E-state index is 0. The maximum Gasteiger partial charge on any atom is 0.191 e. The molecule has 1 aliphatic carbocycles. The Morgan fingerprint density at radius 2 is 1.68 bits per heavy atom. The Labute approximate surface area is 200 Å². The molecule has 0 unspecified atom stereocenters. The van der Waals surface area contributed by atoms with Gasteiger partial charge in [-0.15, -0.1) is 24.0 Å². The second kappa shape index (κ2) is 11.4. The van der Waals surface area contributed by atoms with Gasteiger partial charge >= 0.3 is 0 Å². The first kappa shape index (κ1) is 25.0. The van der Waals surface area contributed by atoms with Gasteiger partial charge in [0.05, 0.1) is 27.9 Å². The third-order valence-corrected chi connectivity index (χ3v) is 5.42. The van der Waals surface area contributed by atoms with E-state index in [1.54, 1.807) is 39.5 Å². The van der Waals surface area contributed by atoms with E-state index in [-0.39, 0.29) is 35.2 Å². The number of hydrogen-bond donors (Lipinski definition) is 2. The number of rotatable bonds is 9. The van der Waals surface area contributed by atoms with Crippen molar-refractivity contribution in [2.45, 2.75) is 31.7 Å². The highest BCUT2D eigenvalue weighted by Gasteiger charge is 2.44. The zero-order valence-corrected chi connectivity index (χ0v) is 20.8. The van der Waals surface area contributed by atoms with Crippen LogP contribution in [0.5, 0.6) is 17.2 Å². The number of halogens is 2. The molecule has 0 saturated heterocycles. The van der Waals surface area contributed by atoms with E-state index in [0.717, 1.165) is 30.5 Å². The van der Waals surface area contributed by atoms with Crippen molar-refractivity contribution in [1.29, 1.82) is 0 Å². The van der Waals surface area contributed by atoms with Crippen molar-refractivity contribution >= 4 is 29.9 Å². The van der Waals surface area contributed by atoms with E-state index in [1.165, 1.54) is 6.07 Å². The minimum Gasteiger partial charge on any atom is -0.496 e. The van der Waals surface area contributed by atoms with Crippen LogP contribution in [0.25, 0.3) is 0 Å². The molecule has 2 aromatic carbocycles. The normalized spacial score (nSPS) is 14.3. The second-order valence-corrected chi connectivity index (χ2v) is 7.36. The summed E-state index contributed by atoms with van der Waals surface area (Å²) in [5.74, 6) is 2.44. The maximum absolute atomic E-state index is 13.7. The van der Waals surface area contributed by atoms with Crippen LogP contribution in [0.3, 0.4) is 0 Å². The lowest BCUT2D eigenvalue weighted by molar-refractivity contribution is 0.347. The fraction of sp³-hybridized carbons (Fsp3) is 0.435. The van der Waals surface area contributed by atoms with Crippen molar-refractivity contribution in [1.82, 2.24) is 10.6 Å². The van der Waals surface area contributed by atoms with Gasteiger partial charge in [0.1, 0.15) is 11.6 Å². The summed E-state index contributed by atoms with van der Waals surface area (Å²) in [5.41, 5.74) is 1.89. The first-order valence-corrected chi connectivity index (χ1v) is 10.1. The van der Waals surface area contributed by atoms with Crippen molar-refractivity contribution in [3.05, 3.63) is 53.3 Å². The first-order valence-electron chi connectivity index (χ1n) is 10.1. The van der Waals surface area contributed by atoms with Crippen LogP contribution in [0.4, 0.5) is 4.39 Å². The van der Waals surface area contributed by atoms with E-state index in [4.69, 9.17) is 19.2 Å². The smallest absolute Gasteiger partial charge is 0.191 e. The van der Waals surface area contributed by atoms with Crippen molar-refractivity contribution in [3.63, 3.8) is 0 Å². The van der Waals surface area contributed by atoms with E-state index in [9.17, 15) is 4.39 Å². The lowest BCUT2D eigenvalue weighted by Crippen LogP contribution is -2.41. The highest BCUT2D eigenvalue weighted by molar-refractivity contribution is 14.0. The molecule has 1 saturated carbocycles. The summed E-state index contributed by atoms with van der Waals surface area (Å²) in [5, 5.41) is 6.69. The standard InChI is InChI=1S/C23H30FN3O3.HI/c1-5-25-22(27-15-23(9-10-23)17-7-6-8-18(24)12-17)26-14-16-11-20(29-3)21(30-4)13-19(16)28-2;/h6-8,11-13H,5,9-10,14-15H2,1-4H3,(H2,25,26,27);1H. The van der Waals surface area contributed by atoms with Crippen molar-refractivity contribution in [2.24, 2.45) is 4.99 Å². The Morgan fingerprint density at radius 1 is 1.00 bits per heavy atom. The molecule has 0 radical (unpaired) electrons. The molecule has 6 nitrogen and oxygen atoms in total. The van der Waals surface area contributed by atoms with Gasteiger partial charge in [-0.1, -0.05) is 12.1 Å². The molecule has 2 aromatic rings. The molecule has 0 spiro atoms. The number of nitrogens with zero attached hydrogens (tertiary/aromatic N) is 1. The summed E-state index contributed by atoms with van der Waals surface area (Å²) >= 11 is 0. The number of guanidine groups is 1. The van der Waals surface area contributed by atoms with Crippen LogP contribution >= 0.6 is 24.0 Å². The van der Waals surface area contributed by atoms with Gasteiger partial charge in [-0.25, -0.2) is 9.38 Å². The molecule has 8 heteroatoms. The quantitative estimate of drug-likeness (QED) is 0.281. The average molecular weight is 543 g/mol. The molecular weight excluding hydrogens is 512 g/mol. The van der Waals surface area contributed by atoms with E-state index in [1.807, 2.05) is 19.1 Å². The fourth-order valence-electron chi connectivity index (χ4n) is 3.51. The number of hydrogen-bond acceptors (Lipinski definition) is 4. The van der Waals surface area contributed by atoms with Gasteiger partial charge in [-0.05, 0) is 43.5 Å². The van der Waals surface area contributed by atoms with Crippen LogP contribution in [-0.4, -0.2) is 40.4 Å². The second-order valence-electron chi connectivity index (χ2n) is 7.36. The number of aliphatic imine (C=N–C) groups is 1. The fourth-order valence-corrected chi connectivity index (χ4v) is 3.51. The van der Waals surface area contributed by atoms with Crippen LogP contribution < -0.4 is 24.8 Å². The largest absolute Gasteiger partial charge is 0.496 e. The van der Waals surface area contributed by atoms with E-state index in [2.05, 4.69) is 10.6 Å². The van der Waals surface area contributed by atoms with Gasteiger partial charge in [0, 0.05) is 30.1 Å². The molecule has 31 heavy (non-hydrogen) atoms. The van der Waals surface area contributed by atoms with Crippen molar-refractivity contribution in [2.75, 3.05) is 34.4 Å². The number of methoxy groups -OCH3 is 3. The number of ether oxygens (including phenoxy) is 3. The van der Waals surface area contributed by atoms with Gasteiger partial charge in [0.2, 0.25) is 0 Å². The summed E-state index contributed by atoms with van der Waals surface area (Å²) in [6, 6.07) is 10.6. The van der Waals surface area contributed by atoms with Gasteiger partial charge in [-0.3, -0.25) is 0 Å². The van der Waals surface area contributed by atoms with Crippen molar-refractivity contribution < 1.29 is 18.6 Å². The molecule has 2 N–H and O–H groups in total. The monoisotopic (exact) mass is 543 g/mol. The Balaban J connectivity index is 0.00000341. The molecule has 0 aliphatic heterocycles. The Kier molecular flexibility index (Phi) is 9.21. The van der Waals surface area contributed by atoms with Gasteiger partial charge in [0.15, 0.2) is 17.5 Å². The summed E-state index contributed by atoms with van der Waals surface area (Å²) in [6.07, 6.45) is 2.07. The summed E-state index contributed by atoms with van der Waals surface area (Å²) in [7, 11) is 4.81. The van der Waals surface area contributed by atoms with Crippen LogP contribution in [0.1, 0.15) is 30.9 Å². The molecule has 0 heterocycles. The molecule has 0 amide bonds. The molecule has 1 aliphatic rings. The molecule has 1 fully saturated rings. The lowest BCUT2D eigenvalue weighted by atomic mass is 9.96. The summed E-state index contributed by atoms with van der Waals surface area (Å²) in [4.78, 5) is 4.71. The van der Waals surface area contributed by atoms with E-state index in [0.29, 0.717) is 36.3 Å². The first-order chi connectivity index (χ1) is 14.5. The highest BCUT2D eigenvalue weighted by Crippen LogP contribution is 2.47. The predicted octanol–water partition coefficient (Wildman–Crippen LogP) is 4.26. The van der Waals surface area contributed by atoms with E-state index >= 15 is 0 Å². The Morgan fingerprint density at radius 3 is 2.26 bits per heavy atom.